The van der Waals surface area contributed by atoms with Crippen LogP contribution in [0.25, 0.3) is 0 Å². The number of aromatic nitrogens is 2. The molecule has 0 saturated heterocycles. The first-order valence-corrected chi connectivity index (χ1v) is 21.3. The van der Waals surface area contributed by atoms with Crippen LogP contribution < -0.4 is 5.73 Å². The molecule has 5 rings (SSSR count). The van der Waals surface area contributed by atoms with E-state index in [1.165, 1.54) is 42.6 Å². The van der Waals surface area contributed by atoms with Crippen LogP contribution in [0, 0.1) is 41.4 Å². The first-order valence-electron chi connectivity index (χ1n) is 21.3. The molecule has 2 heterocycles. The summed E-state index contributed by atoms with van der Waals surface area (Å²) in [4.78, 5) is 20.3. The van der Waals surface area contributed by atoms with Crippen LogP contribution in [0.2, 0.25) is 0 Å². The Bertz CT molecular complexity index is 1470. The molecule has 8 nitrogen and oxygen atoms in total. The quantitative estimate of drug-likeness (QED) is 0.0588. The second kappa shape index (κ2) is 19.3. The molecule has 0 aromatic carbocycles. The van der Waals surface area contributed by atoms with E-state index in [9.17, 15) is 25.2 Å². The highest BCUT2D eigenvalue weighted by atomic mass is 16.4. The second-order valence-corrected chi connectivity index (χ2v) is 17.9. The highest BCUT2D eigenvalue weighted by Gasteiger charge is 2.46. The number of nitrogens with one attached hydrogen (secondary N) is 1. The number of anilines is 1. The smallest absolute Gasteiger partial charge is 0.309 e. The largest absolute Gasteiger partial charge is 0.481 e. The average molecular weight is 734 g/mol. The number of H-pyrrole nitrogens is 1. The van der Waals surface area contributed by atoms with E-state index in [1.807, 2.05) is 12.1 Å². The molecule has 7 N–H and O–H groups in total. The third-order valence-corrected chi connectivity index (χ3v) is 13.6. The van der Waals surface area contributed by atoms with Crippen molar-refractivity contribution in [2.75, 3.05) is 5.73 Å². The Kier molecular flexibility index (Phi) is 15.1. The molecule has 10 atom stereocenters. The number of nitrogen functional groups attached to an aromatic ring is 1. The number of carboxylic acids is 1. The molecular formula is C45H71N3O5. The molecule has 2 aromatic rings. The lowest BCUT2D eigenvalue weighted by Crippen LogP contribution is -2.37. The fourth-order valence-electron chi connectivity index (χ4n) is 10.5. The van der Waals surface area contributed by atoms with Crippen LogP contribution in [0.5, 0.6) is 0 Å². The number of pyridine rings is 1. The number of nitrogens with zero attached hydrogens (tertiary/aromatic N) is 1. The summed E-state index contributed by atoms with van der Waals surface area (Å²) in [6.45, 7) is 9.21. The summed E-state index contributed by atoms with van der Waals surface area (Å²) in [5, 5.41) is 44.6. The molecule has 1 saturated carbocycles. The molecule has 0 radical (unpaired) electrons. The van der Waals surface area contributed by atoms with Gasteiger partial charge in [0.2, 0.25) is 0 Å². The molecule has 0 aliphatic heterocycles. The zero-order valence-corrected chi connectivity index (χ0v) is 33.2. The summed E-state index contributed by atoms with van der Waals surface area (Å²) in [7, 11) is 0. The standard InChI is InChI=1S/C45H71N3O5/c1-5-6-8-11-31-14-15-34(42(50)24-31)12-9-7-10-13-38(44(51)52)41(49)18-20-45(53)28-33(22-32-19-21-47-43(46)25-32)23-35(45)26-36-27-39-30(4)37(29(2)3)16-17-40(39)48-36/h14-15,19,21,25,27,29-31,33-35,37-38,41-42,48-50,53H,5-13,16-18,20,22-24,26,28H2,1-4H3,(H2,46,47)(H,51,52)/t30-,31-,33-,34-,35-,37-,38+,41-,42-,45+/m1/s1. The van der Waals surface area contributed by atoms with Crippen molar-refractivity contribution < 1.29 is 25.2 Å². The Hall–Kier alpha value is -2.68. The lowest BCUT2D eigenvalue weighted by molar-refractivity contribution is -0.146. The van der Waals surface area contributed by atoms with Crippen molar-refractivity contribution in [2.24, 2.45) is 41.4 Å². The van der Waals surface area contributed by atoms with Gasteiger partial charge < -0.3 is 31.1 Å². The number of aliphatic hydroxyl groups is 3. The van der Waals surface area contributed by atoms with Crippen molar-refractivity contribution in [2.45, 2.75) is 167 Å². The number of unbranched alkanes of at least 4 members (excludes halogenated alkanes) is 4. The summed E-state index contributed by atoms with van der Waals surface area (Å²) in [5.41, 5.74) is 10.0. The normalized spacial score (nSPS) is 29.7. The number of nitrogens with two attached hydrogens (primary N) is 1. The van der Waals surface area contributed by atoms with Gasteiger partial charge in [0.25, 0.3) is 0 Å². The Morgan fingerprint density at radius 1 is 1.06 bits per heavy atom. The first kappa shape index (κ1) is 41.5. The molecule has 0 amide bonds. The van der Waals surface area contributed by atoms with E-state index in [0.29, 0.717) is 48.8 Å². The van der Waals surface area contributed by atoms with Crippen LogP contribution in [-0.2, 0) is 24.1 Å². The summed E-state index contributed by atoms with van der Waals surface area (Å²) in [6.07, 6.45) is 20.3. The molecule has 2 aromatic heterocycles. The number of carbonyl (C=O) groups is 1. The van der Waals surface area contributed by atoms with Gasteiger partial charge >= 0.3 is 5.97 Å². The van der Waals surface area contributed by atoms with E-state index >= 15 is 0 Å². The van der Waals surface area contributed by atoms with Crippen molar-refractivity contribution in [1.29, 1.82) is 0 Å². The zero-order valence-electron chi connectivity index (χ0n) is 33.2. The lowest BCUT2D eigenvalue weighted by Gasteiger charge is -2.32. The second-order valence-electron chi connectivity index (χ2n) is 17.9. The van der Waals surface area contributed by atoms with Gasteiger partial charge in [-0.05, 0) is 142 Å². The number of fused-ring (bicyclic) bond motifs is 1. The number of allylic oxidation sites excluding steroid dienone is 1. The third kappa shape index (κ3) is 11.2. The molecule has 8 heteroatoms. The topological polar surface area (TPSA) is 153 Å². The molecular weight excluding hydrogens is 663 g/mol. The van der Waals surface area contributed by atoms with Gasteiger partial charge in [0.05, 0.1) is 23.7 Å². The van der Waals surface area contributed by atoms with Crippen molar-refractivity contribution in [3.63, 3.8) is 0 Å². The molecule has 1 fully saturated rings. The van der Waals surface area contributed by atoms with E-state index in [2.05, 4.69) is 55.9 Å². The Labute approximate surface area is 319 Å². The van der Waals surface area contributed by atoms with E-state index in [-0.39, 0.29) is 30.3 Å². The number of aromatic amines is 1. The van der Waals surface area contributed by atoms with Gasteiger partial charge in [-0.1, -0.05) is 78.4 Å². The fraction of sp³-hybridized carbons (Fsp3) is 0.733. The maximum Gasteiger partial charge on any atom is 0.309 e. The van der Waals surface area contributed by atoms with Gasteiger partial charge in [-0.3, -0.25) is 4.79 Å². The van der Waals surface area contributed by atoms with Crippen LogP contribution in [0.3, 0.4) is 0 Å². The molecule has 53 heavy (non-hydrogen) atoms. The van der Waals surface area contributed by atoms with Gasteiger partial charge in [0.1, 0.15) is 5.82 Å². The molecule has 3 aliphatic carbocycles. The van der Waals surface area contributed by atoms with E-state index in [1.54, 1.807) is 6.20 Å². The number of aryl methyl sites for hydroxylation is 1. The van der Waals surface area contributed by atoms with E-state index in [0.717, 1.165) is 69.8 Å². The monoisotopic (exact) mass is 734 g/mol. The number of carboxylic acid groups (broad SMARTS) is 1. The average Bonchev–Trinajstić information content (AvgIpc) is 3.66. The van der Waals surface area contributed by atoms with Crippen molar-refractivity contribution in [3.05, 3.63) is 59.1 Å². The molecule has 0 spiro atoms. The maximum absolute atomic E-state index is 12.4. The molecule has 0 bridgehead atoms. The number of hydrogen-bond acceptors (Lipinski definition) is 6. The van der Waals surface area contributed by atoms with Gasteiger partial charge in [-0.15, -0.1) is 0 Å². The Morgan fingerprint density at radius 3 is 2.57 bits per heavy atom. The fourth-order valence-corrected chi connectivity index (χ4v) is 10.5. The van der Waals surface area contributed by atoms with Crippen molar-refractivity contribution >= 4 is 11.8 Å². The summed E-state index contributed by atoms with van der Waals surface area (Å²) in [6, 6.07) is 6.25. The predicted octanol–water partition coefficient (Wildman–Crippen LogP) is 8.78. The zero-order chi connectivity index (χ0) is 38.1. The number of aliphatic carboxylic acids is 1. The van der Waals surface area contributed by atoms with Gasteiger partial charge in [0, 0.05) is 23.5 Å². The van der Waals surface area contributed by atoms with Crippen LogP contribution in [-0.4, -0.2) is 54.2 Å². The third-order valence-electron chi connectivity index (χ3n) is 13.6. The maximum atomic E-state index is 12.4. The summed E-state index contributed by atoms with van der Waals surface area (Å²) in [5.74, 6) is 1.39. The van der Waals surface area contributed by atoms with Crippen LogP contribution in [0.15, 0.2) is 36.5 Å². The lowest BCUT2D eigenvalue weighted by atomic mass is 9.73. The number of rotatable bonds is 20. The SMILES string of the molecule is CCCCC[C@@H]1C=C[C@@H](CCCCC[C@H](C(=O)O)[C@H](O)CC[C@]2(O)C[C@H](Cc3ccnc(N)c3)C[C@@H]2Cc2cc3c([nH]2)CC[C@H](C(C)C)[C@H]3C)[C@H](O)C1. The van der Waals surface area contributed by atoms with Gasteiger partial charge in [-0.25, -0.2) is 4.98 Å². The van der Waals surface area contributed by atoms with Gasteiger partial charge in [-0.2, -0.15) is 0 Å². The molecule has 296 valence electrons. The van der Waals surface area contributed by atoms with E-state index in [4.69, 9.17) is 5.73 Å². The van der Waals surface area contributed by atoms with Crippen LogP contribution >= 0.6 is 0 Å². The number of hydrogen-bond donors (Lipinski definition) is 6. The Balaban J connectivity index is 1.16. The minimum atomic E-state index is -1.02. The van der Waals surface area contributed by atoms with E-state index < -0.39 is 23.6 Å². The minimum Gasteiger partial charge on any atom is -0.481 e. The van der Waals surface area contributed by atoms with Crippen molar-refractivity contribution in [1.82, 2.24) is 9.97 Å². The highest BCUT2D eigenvalue weighted by Crippen LogP contribution is 2.47. The Morgan fingerprint density at radius 2 is 1.85 bits per heavy atom. The first-order chi connectivity index (χ1) is 25.4. The molecule has 3 aliphatic rings. The highest BCUT2D eigenvalue weighted by molar-refractivity contribution is 5.70. The predicted molar refractivity (Wildman–Crippen MR) is 213 cm³/mol. The number of aliphatic hydroxyl groups excluding tert-OH is 2. The van der Waals surface area contributed by atoms with Crippen molar-refractivity contribution in [3.8, 4) is 0 Å². The van der Waals surface area contributed by atoms with Crippen LogP contribution in [0.4, 0.5) is 5.82 Å². The minimum absolute atomic E-state index is 0.00530. The summed E-state index contributed by atoms with van der Waals surface area (Å²) < 4.78 is 0. The van der Waals surface area contributed by atoms with Crippen LogP contribution in [0.1, 0.15) is 152 Å². The summed E-state index contributed by atoms with van der Waals surface area (Å²) >= 11 is 0. The molecule has 0 unspecified atom stereocenters. The van der Waals surface area contributed by atoms with Gasteiger partial charge in [0.15, 0.2) is 0 Å².